The van der Waals surface area contributed by atoms with E-state index >= 15 is 0 Å². The van der Waals surface area contributed by atoms with Crippen LogP contribution in [0.15, 0.2) is 30.3 Å². The molecule has 0 atom stereocenters. The largest absolute Gasteiger partial charge is 0.452 e. The van der Waals surface area contributed by atoms with Gasteiger partial charge in [0.25, 0.3) is 5.91 Å². The van der Waals surface area contributed by atoms with Crippen LogP contribution < -0.4 is 10.6 Å². The van der Waals surface area contributed by atoms with Crippen molar-refractivity contribution in [3.05, 3.63) is 58.1 Å². The van der Waals surface area contributed by atoms with Crippen molar-refractivity contribution in [2.24, 2.45) is 0 Å². The molecule has 0 radical (unpaired) electrons. The molecule has 1 aromatic carbocycles. The average Bonchev–Trinajstić information content (AvgIpc) is 2.59. The molecular formula is C18H17ClFN3O4. The van der Waals surface area contributed by atoms with Gasteiger partial charge in [0, 0.05) is 11.4 Å². The fraction of sp³-hybridized carbons (Fsp3) is 0.222. The third-order valence-electron chi connectivity index (χ3n) is 3.41. The number of hydrogen-bond acceptors (Lipinski definition) is 5. The lowest BCUT2D eigenvalue weighted by molar-refractivity contribution is -0.126. The number of carbonyl (C=O) groups is 3. The Bertz CT molecular complexity index is 848. The molecule has 0 bridgehead atoms. The zero-order valence-electron chi connectivity index (χ0n) is 14.6. The average molecular weight is 394 g/mol. The number of hydrogen-bond donors (Lipinski definition) is 2. The van der Waals surface area contributed by atoms with E-state index in [0.717, 1.165) is 0 Å². The number of pyridine rings is 1. The summed E-state index contributed by atoms with van der Waals surface area (Å²) in [5.74, 6) is -2.38. The number of nitrogens with one attached hydrogen (secondary N) is 2. The van der Waals surface area contributed by atoms with Gasteiger partial charge in [-0.25, -0.2) is 14.2 Å². The Morgan fingerprint density at radius 1 is 1.15 bits per heavy atom. The first kappa shape index (κ1) is 20.3. The first-order chi connectivity index (χ1) is 12.8. The standard InChI is InChI=1S/C18H17ClFN3O4/c1-10-7-11(2)22-17(19)16(10)18(26)27-9-15(25)21-8-14(24)23-13-5-3-12(20)4-6-13/h3-7H,8-9H2,1-2H3,(H,21,25)(H,23,24). The molecule has 2 rings (SSSR count). The van der Waals surface area contributed by atoms with Crippen LogP contribution >= 0.6 is 11.6 Å². The molecule has 0 fully saturated rings. The highest BCUT2D eigenvalue weighted by molar-refractivity contribution is 6.32. The van der Waals surface area contributed by atoms with Gasteiger partial charge in [0.15, 0.2) is 6.61 Å². The fourth-order valence-electron chi connectivity index (χ4n) is 2.21. The van der Waals surface area contributed by atoms with Crippen LogP contribution in [0.4, 0.5) is 10.1 Å². The summed E-state index contributed by atoms with van der Waals surface area (Å²) < 4.78 is 17.7. The summed E-state index contributed by atoms with van der Waals surface area (Å²) in [5.41, 5.74) is 1.71. The molecule has 0 aliphatic heterocycles. The van der Waals surface area contributed by atoms with Gasteiger partial charge in [0.05, 0.1) is 12.1 Å². The monoisotopic (exact) mass is 393 g/mol. The summed E-state index contributed by atoms with van der Waals surface area (Å²) in [6, 6.07) is 6.83. The molecule has 0 saturated carbocycles. The number of benzene rings is 1. The maximum Gasteiger partial charge on any atom is 0.342 e. The topological polar surface area (TPSA) is 97.4 Å². The number of aromatic nitrogens is 1. The minimum Gasteiger partial charge on any atom is -0.452 e. The van der Waals surface area contributed by atoms with Gasteiger partial charge >= 0.3 is 5.97 Å². The summed E-state index contributed by atoms with van der Waals surface area (Å²) in [4.78, 5) is 39.5. The molecule has 0 aliphatic carbocycles. The number of anilines is 1. The summed E-state index contributed by atoms with van der Waals surface area (Å²) >= 11 is 5.95. The van der Waals surface area contributed by atoms with Crippen molar-refractivity contribution in [3.8, 4) is 0 Å². The van der Waals surface area contributed by atoms with Gasteiger partial charge in [-0.15, -0.1) is 0 Å². The molecule has 9 heteroatoms. The van der Waals surface area contributed by atoms with Crippen LogP contribution in [0, 0.1) is 19.7 Å². The van der Waals surface area contributed by atoms with Gasteiger partial charge in [-0.2, -0.15) is 0 Å². The Morgan fingerprint density at radius 3 is 2.44 bits per heavy atom. The lowest BCUT2D eigenvalue weighted by Crippen LogP contribution is -2.35. The number of halogens is 2. The van der Waals surface area contributed by atoms with Crippen LogP contribution in [0.2, 0.25) is 5.15 Å². The molecule has 142 valence electrons. The smallest absolute Gasteiger partial charge is 0.342 e. The van der Waals surface area contributed by atoms with E-state index < -0.39 is 30.2 Å². The Labute approximate surface area is 159 Å². The number of amides is 2. The molecule has 0 spiro atoms. The maximum absolute atomic E-state index is 12.8. The number of carbonyl (C=O) groups excluding carboxylic acids is 3. The van der Waals surface area contributed by atoms with Crippen LogP contribution in [0.25, 0.3) is 0 Å². The van der Waals surface area contributed by atoms with Crippen molar-refractivity contribution in [3.63, 3.8) is 0 Å². The molecule has 2 N–H and O–H groups in total. The molecule has 0 aliphatic rings. The minimum absolute atomic E-state index is 0.00316. The molecule has 1 heterocycles. The quantitative estimate of drug-likeness (QED) is 0.580. The summed E-state index contributed by atoms with van der Waals surface area (Å²) in [7, 11) is 0. The second-order valence-corrected chi connectivity index (χ2v) is 6.01. The van der Waals surface area contributed by atoms with E-state index in [-0.39, 0.29) is 17.3 Å². The normalized spacial score (nSPS) is 10.2. The van der Waals surface area contributed by atoms with E-state index in [0.29, 0.717) is 16.9 Å². The van der Waals surface area contributed by atoms with E-state index in [9.17, 15) is 18.8 Å². The van der Waals surface area contributed by atoms with E-state index in [1.54, 1.807) is 19.9 Å². The highest BCUT2D eigenvalue weighted by atomic mass is 35.5. The Morgan fingerprint density at radius 2 is 1.81 bits per heavy atom. The second-order valence-electron chi connectivity index (χ2n) is 5.65. The van der Waals surface area contributed by atoms with Crippen LogP contribution in [0.3, 0.4) is 0 Å². The zero-order chi connectivity index (χ0) is 20.0. The molecule has 7 nitrogen and oxygen atoms in total. The number of nitrogens with zero attached hydrogens (tertiary/aromatic N) is 1. The van der Waals surface area contributed by atoms with Gasteiger partial charge < -0.3 is 15.4 Å². The van der Waals surface area contributed by atoms with E-state index in [1.165, 1.54) is 24.3 Å². The second kappa shape index (κ2) is 9.09. The molecule has 2 aromatic rings. The summed E-state index contributed by atoms with van der Waals surface area (Å²) in [6.45, 7) is 2.50. The predicted molar refractivity (Wildman–Crippen MR) is 97.0 cm³/mol. The number of aryl methyl sites for hydroxylation is 2. The number of rotatable bonds is 6. The Hall–Kier alpha value is -3.00. The van der Waals surface area contributed by atoms with E-state index in [1.807, 2.05) is 0 Å². The van der Waals surface area contributed by atoms with Gasteiger partial charge in [0.1, 0.15) is 11.0 Å². The van der Waals surface area contributed by atoms with Crippen molar-refractivity contribution in [2.75, 3.05) is 18.5 Å². The third-order valence-corrected chi connectivity index (χ3v) is 3.69. The van der Waals surface area contributed by atoms with Gasteiger partial charge in [-0.1, -0.05) is 11.6 Å². The Kier molecular flexibility index (Phi) is 6.84. The third kappa shape index (κ3) is 6.03. The van der Waals surface area contributed by atoms with Gasteiger partial charge in [0.2, 0.25) is 5.91 Å². The van der Waals surface area contributed by atoms with Crippen molar-refractivity contribution in [2.45, 2.75) is 13.8 Å². The van der Waals surface area contributed by atoms with Gasteiger partial charge in [-0.05, 0) is 49.7 Å². The van der Waals surface area contributed by atoms with Crippen molar-refractivity contribution in [1.82, 2.24) is 10.3 Å². The maximum atomic E-state index is 12.8. The van der Waals surface area contributed by atoms with Crippen LogP contribution in [-0.4, -0.2) is 35.9 Å². The lowest BCUT2D eigenvalue weighted by atomic mass is 10.1. The highest BCUT2D eigenvalue weighted by Crippen LogP contribution is 2.19. The molecular weight excluding hydrogens is 377 g/mol. The minimum atomic E-state index is -0.782. The summed E-state index contributed by atoms with van der Waals surface area (Å²) in [6.07, 6.45) is 0. The van der Waals surface area contributed by atoms with E-state index in [4.69, 9.17) is 16.3 Å². The number of ether oxygens (including phenoxy) is 1. The molecule has 0 saturated heterocycles. The Balaban J connectivity index is 1.80. The SMILES string of the molecule is Cc1cc(C)c(C(=O)OCC(=O)NCC(=O)Nc2ccc(F)cc2)c(Cl)n1. The van der Waals surface area contributed by atoms with Crippen LogP contribution in [-0.2, 0) is 14.3 Å². The summed E-state index contributed by atoms with van der Waals surface area (Å²) in [5, 5.41) is 4.79. The lowest BCUT2D eigenvalue weighted by Gasteiger charge is -2.10. The molecule has 1 aromatic heterocycles. The van der Waals surface area contributed by atoms with Gasteiger partial charge in [-0.3, -0.25) is 9.59 Å². The van der Waals surface area contributed by atoms with Crippen LogP contribution in [0.1, 0.15) is 21.6 Å². The predicted octanol–water partition coefficient (Wildman–Crippen LogP) is 2.40. The van der Waals surface area contributed by atoms with E-state index in [2.05, 4.69) is 15.6 Å². The first-order valence-corrected chi connectivity index (χ1v) is 8.27. The molecule has 2 amide bonds. The van der Waals surface area contributed by atoms with Crippen LogP contribution in [0.5, 0.6) is 0 Å². The number of esters is 1. The van der Waals surface area contributed by atoms with Crippen molar-refractivity contribution in [1.29, 1.82) is 0 Å². The fourth-order valence-corrected chi connectivity index (χ4v) is 2.57. The van der Waals surface area contributed by atoms with Crippen molar-refractivity contribution < 1.29 is 23.5 Å². The first-order valence-electron chi connectivity index (χ1n) is 7.89. The molecule has 0 unspecified atom stereocenters. The van der Waals surface area contributed by atoms with Crippen molar-refractivity contribution >= 4 is 35.1 Å². The zero-order valence-corrected chi connectivity index (χ0v) is 15.4. The highest BCUT2D eigenvalue weighted by Gasteiger charge is 2.18. The molecule has 27 heavy (non-hydrogen) atoms.